The molecule has 0 saturated heterocycles. The van der Waals surface area contributed by atoms with Crippen LogP contribution in [0.3, 0.4) is 0 Å². The molecule has 0 amide bonds. The lowest BCUT2D eigenvalue weighted by Gasteiger charge is -2.32. The Morgan fingerprint density at radius 3 is 2.88 bits per heavy atom. The summed E-state index contributed by atoms with van der Waals surface area (Å²) in [5.74, 6) is 2.40. The van der Waals surface area contributed by atoms with E-state index >= 15 is 0 Å². The molecule has 3 heterocycles. The maximum Gasteiger partial charge on any atom is 0.231 e. The first-order valence-electron chi connectivity index (χ1n) is 8.12. The number of benzene rings is 2. The average Bonchev–Trinajstić information content (AvgIpc) is 3.06. The van der Waals surface area contributed by atoms with Gasteiger partial charge in [0.1, 0.15) is 12.2 Å². The number of quaternary nitrogens is 1. The standard InChI is InChI=1S/C19H17NO4/c1-22-16-3-2-11-6-15-13-8-18-17(23-10-24-18)7-12(13)4-5-20(15)9-14(11)19(16)21/h2-3,6-9,15,21H,4-5,10H2,1H3/p+1. The molecular weight excluding hydrogens is 306 g/mol. The van der Waals surface area contributed by atoms with Gasteiger partial charge in [-0.1, -0.05) is 6.07 Å². The number of ether oxygens (including phenoxy) is 3. The first kappa shape index (κ1) is 13.7. The van der Waals surface area contributed by atoms with E-state index in [2.05, 4.69) is 24.4 Å². The molecule has 2 N–H and O–H groups in total. The first-order valence-corrected chi connectivity index (χ1v) is 8.12. The number of rotatable bonds is 1. The lowest BCUT2D eigenvalue weighted by Crippen LogP contribution is -3.09. The highest BCUT2D eigenvalue weighted by molar-refractivity contribution is 5.56. The van der Waals surface area contributed by atoms with Crippen molar-refractivity contribution in [3.05, 3.63) is 45.8 Å². The zero-order valence-corrected chi connectivity index (χ0v) is 13.3. The maximum absolute atomic E-state index is 10.4. The van der Waals surface area contributed by atoms with Gasteiger partial charge >= 0.3 is 0 Å². The molecule has 2 aromatic rings. The van der Waals surface area contributed by atoms with Crippen LogP contribution in [0.4, 0.5) is 0 Å². The lowest BCUT2D eigenvalue weighted by atomic mass is 9.90. The van der Waals surface area contributed by atoms with Crippen molar-refractivity contribution in [2.75, 3.05) is 20.4 Å². The number of methoxy groups -OCH3 is 1. The zero-order valence-electron chi connectivity index (χ0n) is 13.3. The predicted molar refractivity (Wildman–Crippen MR) is 87.7 cm³/mol. The minimum atomic E-state index is 0.216. The fourth-order valence-corrected chi connectivity index (χ4v) is 3.93. The Morgan fingerprint density at radius 1 is 1.21 bits per heavy atom. The zero-order chi connectivity index (χ0) is 16.3. The number of phenols is 1. The molecule has 2 atom stereocenters. The second-order valence-corrected chi connectivity index (χ2v) is 6.39. The summed E-state index contributed by atoms with van der Waals surface area (Å²) < 4.78 is 16.3. The molecule has 3 aliphatic rings. The van der Waals surface area contributed by atoms with Crippen molar-refractivity contribution >= 4 is 12.3 Å². The van der Waals surface area contributed by atoms with Crippen LogP contribution in [0.5, 0.6) is 23.0 Å². The molecule has 122 valence electrons. The fourth-order valence-electron chi connectivity index (χ4n) is 3.93. The number of phenolic OH excluding ortho intramolecular Hbond substituents is 1. The second kappa shape index (κ2) is 4.92. The molecule has 0 spiro atoms. The maximum atomic E-state index is 10.4. The molecule has 24 heavy (non-hydrogen) atoms. The van der Waals surface area contributed by atoms with E-state index in [4.69, 9.17) is 14.2 Å². The highest BCUT2D eigenvalue weighted by Crippen LogP contribution is 2.37. The number of fused-ring (bicyclic) bond motifs is 5. The van der Waals surface area contributed by atoms with Crippen LogP contribution in [-0.2, 0) is 6.42 Å². The SMILES string of the molecule is COc1ccc2c(c1O)=C[NH+]1CCc3cc4c(cc3C1C=2)OCO4. The Balaban J connectivity index is 1.69. The number of nitrogens with one attached hydrogen (secondary N) is 1. The van der Waals surface area contributed by atoms with Crippen molar-refractivity contribution in [3.63, 3.8) is 0 Å². The smallest absolute Gasteiger partial charge is 0.231 e. The fraction of sp³-hybridized carbons (Fsp3) is 0.263. The van der Waals surface area contributed by atoms with E-state index in [1.54, 1.807) is 7.11 Å². The molecule has 5 nitrogen and oxygen atoms in total. The predicted octanol–water partition coefficient (Wildman–Crippen LogP) is -0.156. The molecule has 5 heteroatoms. The second-order valence-electron chi connectivity index (χ2n) is 6.39. The van der Waals surface area contributed by atoms with Crippen LogP contribution >= 0.6 is 0 Å². The van der Waals surface area contributed by atoms with Gasteiger partial charge < -0.3 is 19.3 Å². The van der Waals surface area contributed by atoms with Crippen molar-refractivity contribution in [3.8, 4) is 23.0 Å². The van der Waals surface area contributed by atoms with Gasteiger partial charge in [0.2, 0.25) is 6.79 Å². The molecular formula is C19H18NO4+. The summed E-state index contributed by atoms with van der Waals surface area (Å²) in [6.07, 6.45) is 5.32. The first-order chi connectivity index (χ1) is 11.7. The molecule has 2 unspecified atom stereocenters. The van der Waals surface area contributed by atoms with Crippen LogP contribution in [0.15, 0.2) is 24.3 Å². The van der Waals surface area contributed by atoms with E-state index in [0.717, 1.165) is 34.9 Å². The van der Waals surface area contributed by atoms with E-state index in [9.17, 15) is 5.11 Å². The Kier molecular flexibility index (Phi) is 2.82. The summed E-state index contributed by atoms with van der Waals surface area (Å²) in [4.78, 5) is 1.32. The van der Waals surface area contributed by atoms with Crippen molar-refractivity contribution in [2.24, 2.45) is 0 Å². The molecule has 3 aliphatic heterocycles. The molecule has 0 radical (unpaired) electrons. The van der Waals surface area contributed by atoms with Gasteiger partial charge in [0.25, 0.3) is 0 Å². The summed E-state index contributed by atoms with van der Waals surface area (Å²) in [5.41, 5.74) is 2.59. The van der Waals surface area contributed by atoms with Crippen LogP contribution in [0, 0.1) is 0 Å². The highest BCUT2D eigenvalue weighted by atomic mass is 16.7. The van der Waals surface area contributed by atoms with Crippen molar-refractivity contribution < 1.29 is 24.2 Å². The quantitative estimate of drug-likeness (QED) is 0.766. The molecule has 0 bridgehead atoms. The Hall–Kier alpha value is -2.66. The third kappa shape index (κ3) is 1.85. The Morgan fingerprint density at radius 2 is 2.04 bits per heavy atom. The molecule has 0 aromatic heterocycles. The van der Waals surface area contributed by atoms with Gasteiger partial charge in [0.05, 0.1) is 18.9 Å². The average molecular weight is 324 g/mol. The normalized spacial score (nSPS) is 22.5. The van der Waals surface area contributed by atoms with Crippen molar-refractivity contribution in [1.29, 1.82) is 0 Å². The summed E-state index contributed by atoms with van der Waals surface area (Å²) >= 11 is 0. The lowest BCUT2D eigenvalue weighted by molar-refractivity contribution is -0.844. The third-order valence-electron chi connectivity index (χ3n) is 5.16. The van der Waals surface area contributed by atoms with Gasteiger partial charge in [-0.05, 0) is 35.1 Å². The number of hydrogen-bond donors (Lipinski definition) is 2. The van der Waals surface area contributed by atoms with E-state index in [1.165, 1.54) is 16.0 Å². The van der Waals surface area contributed by atoms with Crippen LogP contribution < -0.4 is 29.5 Å². The van der Waals surface area contributed by atoms with Gasteiger partial charge in [0.15, 0.2) is 23.0 Å². The largest absolute Gasteiger partial charge is 0.504 e. The number of hydrogen-bond acceptors (Lipinski definition) is 4. The monoisotopic (exact) mass is 324 g/mol. The third-order valence-corrected chi connectivity index (χ3v) is 5.16. The van der Waals surface area contributed by atoms with Crippen molar-refractivity contribution in [1.82, 2.24) is 0 Å². The molecule has 5 rings (SSSR count). The van der Waals surface area contributed by atoms with Crippen LogP contribution in [0.25, 0.3) is 12.3 Å². The molecule has 2 aromatic carbocycles. The summed E-state index contributed by atoms with van der Waals surface area (Å²) in [6.45, 7) is 1.27. The van der Waals surface area contributed by atoms with Gasteiger partial charge in [0, 0.05) is 12.0 Å². The topological polar surface area (TPSA) is 52.4 Å². The van der Waals surface area contributed by atoms with E-state index in [-0.39, 0.29) is 11.8 Å². The van der Waals surface area contributed by atoms with Crippen LogP contribution in [-0.4, -0.2) is 25.6 Å². The van der Waals surface area contributed by atoms with E-state index in [1.807, 2.05) is 12.1 Å². The number of aromatic hydroxyl groups is 1. The molecule has 0 fully saturated rings. The van der Waals surface area contributed by atoms with Gasteiger partial charge in [-0.15, -0.1) is 0 Å². The summed E-state index contributed by atoms with van der Waals surface area (Å²) in [7, 11) is 1.57. The molecule has 0 aliphatic carbocycles. The van der Waals surface area contributed by atoms with Gasteiger partial charge in [-0.2, -0.15) is 0 Å². The minimum Gasteiger partial charge on any atom is -0.504 e. The minimum absolute atomic E-state index is 0.216. The van der Waals surface area contributed by atoms with Gasteiger partial charge in [-0.3, -0.25) is 4.90 Å². The van der Waals surface area contributed by atoms with Gasteiger partial charge in [-0.25, -0.2) is 0 Å². The van der Waals surface area contributed by atoms with Crippen LogP contribution in [0.2, 0.25) is 0 Å². The van der Waals surface area contributed by atoms with E-state index in [0.29, 0.717) is 12.5 Å². The summed E-state index contributed by atoms with van der Waals surface area (Å²) in [6, 6.07) is 8.27. The molecule has 0 saturated carbocycles. The van der Waals surface area contributed by atoms with Crippen LogP contribution in [0.1, 0.15) is 17.2 Å². The summed E-state index contributed by atoms with van der Waals surface area (Å²) in [5, 5.41) is 12.3. The Bertz CT molecular complexity index is 966. The van der Waals surface area contributed by atoms with E-state index < -0.39 is 0 Å². The highest BCUT2D eigenvalue weighted by Gasteiger charge is 2.33. The van der Waals surface area contributed by atoms with Crippen molar-refractivity contribution in [2.45, 2.75) is 12.5 Å². The Labute approximate surface area is 139 Å².